The van der Waals surface area contributed by atoms with Gasteiger partial charge >= 0.3 is 0 Å². The molecule has 0 radical (unpaired) electrons. The van der Waals surface area contributed by atoms with Crippen molar-refractivity contribution in [2.75, 3.05) is 26.8 Å². The van der Waals surface area contributed by atoms with E-state index in [0.29, 0.717) is 25.6 Å². The third kappa shape index (κ3) is 7.67. The van der Waals surface area contributed by atoms with Crippen LogP contribution in [0.15, 0.2) is 0 Å². The molecule has 0 aromatic carbocycles. The summed E-state index contributed by atoms with van der Waals surface area (Å²) < 4.78 is 4.89. The van der Waals surface area contributed by atoms with Gasteiger partial charge in [0.1, 0.15) is 0 Å². The lowest BCUT2D eigenvalue weighted by atomic mass is 9.97. The van der Waals surface area contributed by atoms with Crippen LogP contribution in [0.4, 0.5) is 0 Å². The van der Waals surface area contributed by atoms with Crippen LogP contribution in [-0.2, 0) is 9.53 Å². The lowest BCUT2D eigenvalue weighted by Crippen LogP contribution is -2.34. The topological polar surface area (TPSA) is 50.4 Å². The van der Waals surface area contributed by atoms with Crippen LogP contribution in [0.1, 0.15) is 51.4 Å². The molecule has 1 aliphatic carbocycles. The molecule has 0 bridgehead atoms. The number of nitrogens with one attached hydrogen (secondary N) is 2. The van der Waals surface area contributed by atoms with Gasteiger partial charge in [-0.2, -0.15) is 0 Å². The molecule has 0 heterocycles. The smallest absolute Gasteiger partial charge is 0.221 e. The monoisotopic (exact) mass is 256 g/mol. The number of carbonyl (C=O) groups excluding carboxylic acids is 1. The van der Waals surface area contributed by atoms with E-state index in [4.69, 9.17) is 4.74 Å². The first kappa shape index (κ1) is 15.4. The predicted octanol–water partition coefficient (Wildman–Crippen LogP) is 1.84. The molecule has 0 aromatic heterocycles. The summed E-state index contributed by atoms with van der Waals surface area (Å²) in [6.07, 6.45) is 9.91. The normalized spacial score (nSPS) is 18.1. The van der Waals surface area contributed by atoms with Gasteiger partial charge in [-0.15, -0.1) is 0 Å². The molecule has 1 fully saturated rings. The Bertz CT molecular complexity index is 214. The highest BCUT2D eigenvalue weighted by atomic mass is 16.5. The molecule has 1 aliphatic rings. The van der Waals surface area contributed by atoms with Crippen molar-refractivity contribution in [2.45, 2.75) is 57.4 Å². The summed E-state index contributed by atoms with van der Waals surface area (Å²) in [6.45, 7) is 1.99. The number of methoxy groups -OCH3 is 1. The molecule has 0 aromatic rings. The van der Waals surface area contributed by atoms with Crippen LogP contribution >= 0.6 is 0 Å². The average molecular weight is 256 g/mol. The van der Waals surface area contributed by atoms with E-state index >= 15 is 0 Å². The lowest BCUT2D eigenvalue weighted by Gasteiger charge is -2.20. The third-order valence-electron chi connectivity index (χ3n) is 3.52. The highest BCUT2D eigenvalue weighted by Crippen LogP contribution is 2.16. The minimum absolute atomic E-state index is 0.116. The van der Waals surface area contributed by atoms with Crippen LogP contribution in [0.3, 0.4) is 0 Å². The zero-order valence-electron chi connectivity index (χ0n) is 11.7. The van der Waals surface area contributed by atoms with E-state index in [0.717, 1.165) is 6.54 Å². The Morgan fingerprint density at radius 1 is 1.11 bits per heavy atom. The van der Waals surface area contributed by atoms with E-state index in [1.807, 2.05) is 0 Å². The highest BCUT2D eigenvalue weighted by molar-refractivity contribution is 5.76. The largest absolute Gasteiger partial charge is 0.383 e. The maximum atomic E-state index is 11.5. The van der Waals surface area contributed by atoms with Crippen molar-refractivity contribution in [3.63, 3.8) is 0 Å². The van der Waals surface area contributed by atoms with Crippen molar-refractivity contribution in [3.05, 3.63) is 0 Å². The molecule has 1 rings (SSSR count). The molecule has 2 N–H and O–H groups in total. The Labute approximate surface area is 111 Å². The number of carbonyl (C=O) groups is 1. The van der Waals surface area contributed by atoms with Gasteiger partial charge in [-0.1, -0.05) is 32.1 Å². The van der Waals surface area contributed by atoms with Gasteiger partial charge in [0.15, 0.2) is 0 Å². The molecular formula is C14H28N2O2. The Morgan fingerprint density at radius 2 is 1.78 bits per heavy atom. The van der Waals surface area contributed by atoms with Gasteiger partial charge in [0.25, 0.3) is 0 Å². The molecule has 4 nitrogen and oxygen atoms in total. The number of hydrogen-bond donors (Lipinski definition) is 2. The van der Waals surface area contributed by atoms with Crippen LogP contribution in [0.25, 0.3) is 0 Å². The van der Waals surface area contributed by atoms with Crippen molar-refractivity contribution < 1.29 is 9.53 Å². The summed E-state index contributed by atoms with van der Waals surface area (Å²) >= 11 is 0. The average Bonchev–Trinajstić information content (AvgIpc) is 2.32. The molecule has 106 valence electrons. The summed E-state index contributed by atoms with van der Waals surface area (Å²) in [5, 5.41) is 6.36. The summed E-state index contributed by atoms with van der Waals surface area (Å²) in [7, 11) is 1.64. The second kappa shape index (κ2) is 10.3. The number of ether oxygens (including phenoxy) is 1. The molecule has 4 heteroatoms. The predicted molar refractivity (Wildman–Crippen MR) is 73.6 cm³/mol. The van der Waals surface area contributed by atoms with E-state index in [-0.39, 0.29) is 5.91 Å². The Balaban J connectivity index is 2.02. The second-order valence-corrected chi connectivity index (χ2v) is 5.09. The van der Waals surface area contributed by atoms with Crippen LogP contribution in [0.2, 0.25) is 0 Å². The van der Waals surface area contributed by atoms with Crippen LogP contribution in [0.5, 0.6) is 0 Å². The first-order valence-corrected chi connectivity index (χ1v) is 7.32. The van der Waals surface area contributed by atoms with Gasteiger partial charge in [-0.3, -0.25) is 4.79 Å². The minimum atomic E-state index is 0.116. The third-order valence-corrected chi connectivity index (χ3v) is 3.52. The van der Waals surface area contributed by atoms with Crippen LogP contribution < -0.4 is 10.6 Å². The first-order valence-electron chi connectivity index (χ1n) is 7.32. The van der Waals surface area contributed by atoms with Crippen molar-refractivity contribution in [1.82, 2.24) is 10.6 Å². The fourth-order valence-corrected chi connectivity index (χ4v) is 2.43. The number of hydrogen-bond acceptors (Lipinski definition) is 3. The van der Waals surface area contributed by atoms with E-state index in [1.165, 1.54) is 44.9 Å². The van der Waals surface area contributed by atoms with Gasteiger partial charge in [-0.25, -0.2) is 0 Å². The Morgan fingerprint density at radius 3 is 2.44 bits per heavy atom. The highest BCUT2D eigenvalue weighted by Gasteiger charge is 2.10. The summed E-state index contributed by atoms with van der Waals surface area (Å²) in [5.74, 6) is 0.116. The van der Waals surface area contributed by atoms with Gasteiger partial charge in [0, 0.05) is 32.7 Å². The molecule has 0 atom stereocenters. The fourth-order valence-electron chi connectivity index (χ4n) is 2.43. The Kier molecular flexibility index (Phi) is 8.86. The molecule has 0 unspecified atom stereocenters. The van der Waals surface area contributed by atoms with Crippen molar-refractivity contribution in [3.8, 4) is 0 Å². The maximum Gasteiger partial charge on any atom is 0.221 e. The molecule has 0 saturated heterocycles. The van der Waals surface area contributed by atoms with Gasteiger partial charge in [-0.05, 0) is 12.8 Å². The van der Waals surface area contributed by atoms with E-state index in [2.05, 4.69) is 10.6 Å². The summed E-state index contributed by atoms with van der Waals surface area (Å²) in [6, 6.07) is 0.622. The zero-order chi connectivity index (χ0) is 13.1. The van der Waals surface area contributed by atoms with E-state index < -0.39 is 0 Å². The maximum absolute atomic E-state index is 11.5. The van der Waals surface area contributed by atoms with E-state index in [9.17, 15) is 4.79 Å². The molecule has 18 heavy (non-hydrogen) atoms. The van der Waals surface area contributed by atoms with Gasteiger partial charge < -0.3 is 15.4 Å². The fraction of sp³-hybridized carbons (Fsp3) is 0.929. The van der Waals surface area contributed by atoms with Crippen molar-refractivity contribution in [2.24, 2.45) is 0 Å². The first-order chi connectivity index (χ1) is 8.83. The molecule has 1 saturated carbocycles. The lowest BCUT2D eigenvalue weighted by molar-refractivity contribution is -0.121. The second-order valence-electron chi connectivity index (χ2n) is 5.09. The van der Waals surface area contributed by atoms with Gasteiger partial charge in [0.2, 0.25) is 5.91 Å². The molecule has 0 spiro atoms. The zero-order valence-corrected chi connectivity index (χ0v) is 11.7. The summed E-state index contributed by atoms with van der Waals surface area (Å²) in [5.41, 5.74) is 0. The molecule has 1 amide bonds. The Hall–Kier alpha value is -0.610. The van der Waals surface area contributed by atoms with E-state index in [1.54, 1.807) is 7.11 Å². The van der Waals surface area contributed by atoms with Crippen molar-refractivity contribution >= 4 is 5.91 Å². The van der Waals surface area contributed by atoms with Crippen molar-refractivity contribution in [1.29, 1.82) is 0 Å². The van der Waals surface area contributed by atoms with Gasteiger partial charge in [0.05, 0.1) is 6.61 Å². The number of rotatable bonds is 7. The van der Waals surface area contributed by atoms with Crippen LogP contribution in [-0.4, -0.2) is 38.8 Å². The molecular weight excluding hydrogens is 228 g/mol. The number of amides is 1. The standard InChI is InChI=1S/C14H28N2O2/c1-18-12-11-16-14(17)9-10-15-13-7-5-3-2-4-6-8-13/h13,15H,2-12H2,1H3,(H,16,17). The molecule has 0 aliphatic heterocycles. The van der Waals surface area contributed by atoms with Crippen LogP contribution in [0, 0.1) is 0 Å². The SMILES string of the molecule is COCCNC(=O)CCNC1CCCCCCC1. The quantitative estimate of drug-likeness (QED) is 0.683. The minimum Gasteiger partial charge on any atom is -0.383 e. The summed E-state index contributed by atoms with van der Waals surface area (Å²) in [4.78, 5) is 11.5.